The maximum atomic E-state index is 14.2. The predicted octanol–water partition coefficient (Wildman–Crippen LogP) is 5.14. The lowest BCUT2D eigenvalue weighted by atomic mass is 10.1. The molecule has 4 heterocycles. The zero-order valence-electron chi connectivity index (χ0n) is 20.0. The molecule has 1 aliphatic rings. The van der Waals surface area contributed by atoms with Crippen LogP contribution in [0.1, 0.15) is 40.4 Å². The fourth-order valence-corrected chi connectivity index (χ4v) is 4.73. The molecule has 8 nitrogen and oxygen atoms in total. The first-order chi connectivity index (χ1) is 17.8. The number of carbonyl (C=O) groups is 1. The number of likely N-dealkylation sites (tertiary alicyclic amines) is 1. The molecule has 1 aromatic carbocycles. The normalized spacial score (nSPS) is 14.8. The molecule has 0 atom stereocenters. The van der Waals surface area contributed by atoms with Gasteiger partial charge >= 0.3 is 5.97 Å². The van der Waals surface area contributed by atoms with E-state index in [0.717, 1.165) is 31.8 Å². The average Bonchev–Trinajstić information content (AvgIpc) is 3.18. The topological polar surface area (TPSA) is 93.4 Å². The Kier molecular flexibility index (Phi) is 7.28. The van der Waals surface area contributed by atoms with Crippen molar-refractivity contribution in [1.82, 2.24) is 24.4 Å². The molecule has 0 radical (unpaired) electrons. The monoisotopic (exact) mass is 543 g/mol. The SMILES string of the molecule is Cn1c(CN2CCC(Oc3nc(Cc4ccc(Cl)cc4F)ccc3Cl)CC2)nc2ccc(C(=O)O)nc21. The smallest absolute Gasteiger partial charge is 0.354 e. The summed E-state index contributed by atoms with van der Waals surface area (Å²) in [5.74, 6) is -0.277. The second-order valence-electron chi connectivity index (χ2n) is 9.03. The first-order valence-electron chi connectivity index (χ1n) is 11.8. The maximum absolute atomic E-state index is 14.2. The lowest BCUT2D eigenvalue weighted by Crippen LogP contribution is -2.38. The molecular formula is C26H24Cl2FN5O3. The highest BCUT2D eigenvalue weighted by Crippen LogP contribution is 2.27. The molecule has 11 heteroatoms. The molecule has 0 saturated carbocycles. The van der Waals surface area contributed by atoms with E-state index in [2.05, 4.69) is 19.9 Å². The van der Waals surface area contributed by atoms with Gasteiger partial charge in [-0.05, 0) is 54.8 Å². The Hall–Kier alpha value is -3.27. The molecule has 0 bridgehead atoms. The van der Waals surface area contributed by atoms with Gasteiger partial charge in [0.25, 0.3) is 0 Å². The predicted molar refractivity (Wildman–Crippen MR) is 138 cm³/mol. The van der Waals surface area contributed by atoms with Gasteiger partial charge in [-0.15, -0.1) is 0 Å². The fourth-order valence-electron chi connectivity index (χ4n) is 4.42. The Labute approximate surface area is 222 Å². The van der Waals surface area contributed by atoms with Gasteiger partial charge in [-0.3, -0.25) is 4.90 Å². The summed E-state index contributed by atoms with van der Waals surface area (Å²) < 4.78 is 22.2. The van der Waals surface area contributed by atoms with Gasteiger partial charge in [0.2, 0.25) is 5.88 Å². The second-order valence-corrected chi connectivity index (χ2v) is 9.87. The van der Waals surface area contributed by atoms with Crippen molar-refractivity contribution in [1.29, 1.82) is 0 Å². The first-order valence-corrected chi connectivity index (χ1v) is 12.6. The van der Waals surface area contributed by atoms with E-state index in [1.54, 1.807) is 30.3 Å². The summed E-state index contributed by atoms with van der Waals surface area (Å²) in [6.07, 6.45) is 1.80. The number of aromatic nitrogens is 4. The van der Waals surface area contributed by atoms with Crippen molar-refractivity contribution in [2.75, 3.05) is 13.1 Å². The number of hydrogen-bond donors (Lipinski definition) is 1. The molecule has 0 aliphatic carbocycles. The molecule has 5 rings (SSSR count). The Morgan fingerprint density at radius 1 is 1.11 bits per heavy atom. The molecule has 0 amide bonds. The molecular weight excluding hydrogens is 520 g/mol. The van der Waals surface area contributed by atoms with Crippen molar-refractivity contribution in [3.8, 4) is 5.88 Å². The summed E-state index contributed by atoms with van der Waals surface area (Å²) in [6.45, 7) is 2.19. The summed E-state index contributed by atoms with van der Waals surface area (Å²) >= 11 is 12.2. The molecule has 4 aromatic rings. The van der Waals surface area contributed by atoms with Crippen LogP contribution in [-0.4, -0.2) is 54.7 Å². The molecule has 0 unspecified atom stereocenters. The van der Waals surface area contributed by atoms with Gasteiger partial charge in [-0.25, -0.2) is 24.1 Å². The van der Waals surface area contributed by atoms with Crippen molar-refractivity contribution >= 4 is 40.3 Å². The molecule has 37 heavy (non-hydrogen) atoms. The number of ether oxygens (including phenoxy) is 1. The number of nitrogens with zero attached hydrogens (tertiary/aromatic N) is 5. The minimum atomic E-state index is -1.07. The van der Waals surface area contributed by atoms with E-state index in [9.17, 15) is 14.3 Å². The highest BCUT2D eigenvalue weighted by molar-refractivity contribution is 6.31. The van der Waals surface area contributed by atoms with Crippen LogP contribution in [0.2, 0.25) is 10.0 Å². The van der Waals surface area contributed by atoms with Crippen molar-refractivity contribution < 1.29 is 19.0 Å². The van der Waals surface area contributed by atoms with Crippen LogP contribution in [-0.2, 0) is 20.0 Å². The average molecular weight is 544 g/mol. The standard InChI is InChI=1S/C26H24Cl2FN5O3/c1-33-23(31-21-6-7-22(26(35)36)32-24(21)33)14-34-10-8-18(9-11-34)37-25-19(28)5-4-17(30-25)12-15-2-3-16(27)13-20(15)29/h2-7,13,18H,8-12,14H2,1H3,(H,35,36). The molecule has 1 N–H and O–H groups in total. The largest absolute Gasteiger partial charge is 0.477 e. The van der Waals surface area contributed by atoms with Gasteiger partial charge in [0.05, 0.1) is 6.54 Å². The van der Waals surface area contributed by atoms with Crippen LogP contribution >= 0.6 is 23.2 Å². The molecule has 1 fully saturated rings. The minimum absolute atomic E-state index is 0.00495. The minimum Gasteiger partial charge on any atom is -0.477 e. The summed E-state index contributed by atoms with van der Waals surface area (Å²) in [5.41, 5.74) is 2.36. The number of carboxylic acids is 1. The van der Waals surface area contributed by atoms with Gasteiger partial charge in [-0.2, -0.15) is 0 Å². The third-order valence-corrected chi connectivity index (χ3v) is 6.99. The summed E-state index contributed by atoms with van der Waals surface area (Å²) in [5, 5.41) is 9.97. The van der Waals surface area contributed by atoms with Crippen molar-refractivity contribution in [3.63, 3.8) is 0 Å². The Bertz CT molecular complexity index is 1470. The third kappa shape index (κ3) is 5.69. The van der Waals surface area contributed by atoms with Crippen LogP contribution < -0.4 is 4.74 Å². The lowest BCUT2D eigenvalue weighted by Gasteiger charge is -2.31. The number of aryl methyl sites for hydroxylation is 1. The molecule has 0 spiro atoms. The number of carboxylic acid groups (broad SMARTS) is 1. The third-order valence-electron chi connectivity index (χ3n) is 6.46. The van der Waals surface area contributed by atoms with E-state index in [1.807, 2.05) is 11.6 Å². The van der Waals surface area contributed by atoms with Crippen LogP contribution in [0, 0.1) is 5.82 Å². The molecule has 3 aromatic heterocycles. The van der Waals surface area contributed by atoms with E-state index in [0.29, 0.717) is 51.3 Å². The van der Waals surface area contributed by atoms with E-state index in [1.165, 1.54) is 12.1 Å². The van der Waals surface area contributed by atoms with Crippen LogP contribution in [0.3, 0.4) is 0 Å². The Morgan fingerprint density at radius 2 is 1.89 bits per heavy atom. The highest BCUT2D eigenvalue weighted by atomic mass is 35.5. The van der Waals surface area contributed by atoms with Gasteiger partial charge in [0.1, 0.15) is 28.3 Å². The second kappa shape index (κ2) is 10.6. The van der Waals surface area contributed by atoms with Gasteiger partial charge in [0.15, 0.2) is 11.3 Å². The quantitative estimate of drug-likeness (QED) is 0.344. The maximum Gasteiger partial charge on any atom is 0.354 e. The molecule has 1 aliphatic heterocycles. The number of imidazole rings is 1. The fraction of sp³-hybridized carbons (Fsp3) is 0.308. The lowest BCUT2D eigenvalue weighted by molar-refractivity contribution is 0.0691. The number of hydrogen-bond acceptors (Lipinski definition) is 6. The summed E-state index contributed by atoms with van der Waals surface area (Å²) in [7, 11) is 1.84. The number of piperidine rings is 1. The number of pyridine rings is 2. The van der Waals surface area contributed by atoms with Crippen LogP contribution in [0.25, 0.3) is 11.2 Å². The zero-order chi connectivity index (χ0) is 26.1. The van der Waals surface area contributed by atoms with E-state index in [4.69, 9.17) is 27.9 Å². The number of fused-ring (bicyclic) bond motifs is 1. The Balaban J connectivity index is 1.20. The van der Waals surface area contributed by atoms with Gasteiger partial charge < -0.3 is 14.4 Å². The zero-order valence-corrected chi connectivity index (χ0v) is 21.5. The summed E-state index contributed by atoms with van der Waals surface area (Å²) in [4.78, 5) is 26.9. The number of halogens is 3. The number of rotatable bonds is 7. The van der Waals surface area contributed by atoms with Gasteiger partial charge in [0, 0.05) is 37.3 Å². The van der Waals surface area contributed by atoms with Crippen molar-refractivity contribution in [3.05, 3.63) is 81.1 Å². The van der Waals surface area contributed by atoms with Crippen LogP contribution in [0.5, 0.6) is 5.88 Å². The highest BCUT2D eigenvalue weighted by Gasteiger charge is 2.24. The van der Waals surface area contributed by atoms with E-state index >= 15 is 0 Å². The Morgan fingerprint density at radius 3 is 2.62 bits per heavy atom. The molecule has 192 valence electrons. The van der Waals surface area contributed by atoms with E-state index < -0.39 is 5.97 Å². The van der Waals surface area contributed by atoms with Crippen molar-refractivity contribution in [2.24, 2.45) is 7.05 Å². The number of benzene rings is 1. The van der Waals surface area contributed by atoms with Gasteiger partial charge in [-0.1, -0.05) is 29.3 Å². The summed E-state index contributed by atoms with van der Waals surface area (Å²) in [6, 6.07) is 11.2. The van der Waals surface area contributed by atoms with Crippen LogP contribution in [0.4, 0.5) is 4.39 Å². The van der Waals surface area contributed by atoms with Crippen molar-refractivity contribution in [2.45, 2.75) is 31.9 Å². The van der Waals surface area contributed by atoms with E-state index in [-0.39, 0.29) is 17.6 Å². The molecule has 1 saturated heterocycles. The number of aromatic carboxylic acids is 1. The first kappa shape index (κ1) is 25.4. The van der Waals surface area contributed by atoms with Crippen LogP contribution in [0.15, 0.2) is 42.5 Å².